The van der Waals surface area contributed by atoms with Crippen LogP contribution in [0.15, 0.2) is 0 Å². The molecule has 0 aromatic heterocycles. The zero-order valence-electron chi connectivity index (χ0n) is 8.41. The molecule has 4 fully saturated rings. The molecule has 2 radical (unpaired) electrons. The zero-order valence-corrected chi connectivity index (χ0v) is 8.41. The summed E-state index contributed by atoms with van der Waals surface area (Å²) >= 11 is 0. The molecule has 0 nitrogen and oxygen atoms in total. The van der Waals surface area contributed by atoms with Crippen LogP contribution >= 0.6 is 0 Å². The molecule has 4 aliphatic carbocycles. The molecule has 0 heterocycles. The monoisotopic (exact) mass is 174 g/mol. The summed E-state index contributed by atoms with van der Waals surface area (Å²) in [5.41, 5.74) is 0. The number of hydrogen-bond acceptors (Lipinski definition) is 0. The molecule has 4 saturated carbocycles. The second kappa shape index (κ2) is 3.03. The van der Waals surface area contributed by atoms with Gasteiger partial charge in [0.15, 0.2) is 0 Å². The molecule has 4 aliphatic rings. The molecule has 0 saturated heterocycles. The molecular formula is C12H19B. The Bertz CT molecular complexity index is 171. The summed E-state index contributed by atoms with van der Waals surface area (Å²) in [5, 5.41) is 0. The van der Waals surface area contributed by atoms with Crippen LogP contribution in [-0.2, 0) is 0 Å². The molecule has 70 valence electrons. The lowest BCUT2D eigenvalue weighted by molar-refractivity contribution is -0.0375. The third kappa shape index (κ3) is 1.27. The molecule has 0 amide bonds. The van der Waals surface area contributed by atoms with Gasteiger partial charge in [-0.05, 0) is 61.7 Å². The average Bonchev–Trinajstić information content (AvgIpc) is 2.10. The van der Waals surface area contributed by atoms with Crippen molar-refractivity contribution in [2.45, 2.75) is 44.8 Å². The molecule has 0 atom stereocenters. The van der Waals surface area contributed by atoms with E-state index in [-0.39, 0.29) is 0 Å². The Morgan fingerprint density at radius 2 is 1.38 bits per heavy atom. The van der Waals surface area contributed by atoms with Crippen LogP contribution in [0.25, 0.3) is 0 Å². The Balaban J connectivity index is 1.77. The van der Waals surface area contributed by atoms with Crippen molar-refractivity contribution in [1.82, 2.24) is 0 Å². The fourth-order valence-electron chi connectivity index (χ4n) is 4.70. The first kappa shape index (κ1) is 8.38. The largest absolute Gasteiger partial charge is 0.0884 e. The maximum absolute atomic E-state index is 5.71. The molecule has 0 aromatic carbocycles. The smallest absolute Gasteiger partial charge is 0.0653 e. The van der Waals surface area contributed by atoms with Crippen molar-refractivity contribution in [1.29, 1.82) is 0 Å². The summed E-state index contributed by atoms with van der Waals surface area (Å²) < 4.78 is 0. The highest BCUT2D eigenvalue weighted by molar-refractivity contribution is 6.08. The Hall–Kier alpha value is 0.0649. The predicted molar refractivity (Wildman–Crippen MR) is 55.7 cm³/mol. The molecule has 0 N–H and O–H groups in total. The normalized spacial score (nSPS) is 52.8. The fourth-order valence-corrected chi connectivity index (χ4v) is 4.70. The summed E-state index contributed by atoms with van der Waals surface area (Å²) in [7, 11) is 5.71. The van der Waals surface area contributed by atoms with Gasteiger partial charge in [-0.25, -0.2) is 0 Å². The van der Waals surface area contributed by atoms with E-state index in [1.807, 2.05) is 0 Å². The lowest BCUT2D eigenvalue weighted by atomic mass is 9.51. The van der Waals surface area contributed by atoms with Gasteiger partial charge < -0.3 is 0 Å². The van der Waals surface area contributed by atoms with Gasteiger partial charge >= 0.3 is 0 Å². The van der Waals surface area contributed by atoms with Crippen molar-refractivity contribution in [2.75, 3.05) is 0 Å². The molecule has 0 aliphatic heterocycles. The predicted octanol–water partition coefficient (Wildman–Crippen LogP) is 3.04. The van der Waals surface area contributed by atoms with Crippen molar-refractivity contribution in [3.05, 3.63) is 0 Å². The summed E-state index contributed by atoms with van der Waals surface area (Å²) in [5.74, 6) is 5.44. The minimum absolute atomic E-state index is 0.924. The fraction of sp³-hybridized carbons (Fsp3) is 1.00. The van der Waals surface area contributed by atoms with Crippen molar-refractivity contribution in [2.24, 2.45) is 29.6 Å². The zero-order chi connectivity index (χ0) is 8.84. The van der Waals surface area contributed by atoms with Gasteiger partial charge in [-0.15, -0.1) is 0 Å². The maximum Gasteiger partial charge on any atom is 0.0653 e. The van der Waals surface area contributed by atoms with Crippen molar-refractivity contribution in [3.8, 4) is 0 Å². The van der Waals surface area contributed by atoms with E-state index in [0.717, 1.165) is 35.9 Å². The highest BCUT2D eigenvalue weighted by Gasteiger charge is 2.47. The summed E-state index contributed by atoms with van der Waals surface area (Å²) in [4.78, 5) is 0. The van der Waals surface area contributed by atoms with Gasteiger partial charge in [-0.2, -0.15) is 0 Å². The number of hydrogen-bond donors (Lipinski definition) is 0. The molecular weight excluding hydrogens is 155 g/mol. The Labute approximate surface area is 82.9 Å². The second-order valence-electron chi connectivity index (χ2n) is 5.67. The van der Waals surface area contributed by atoms with E-state index in [1.54, 1.807) is 32.1 Å². The molecule has 0 unspecified atom stereocenters. The standard InChI is InChI=1S/C12H19B/c13-2-1-12-10-4-8-3-9(6-10)7-11(12)5-8/h8-12H,1-7H2. The van der Waals surface area contributed by atoms with Crippen LogP contribution in [0.3, 0.4) is 0 Å². The van der Waals surface area contributed by atoms with Gasteiger partial charge in [-0.3, -0.25) is 0 Å². The Kier molecular flexibility index (Phi) is 1.96. The highest BCUT2D eigenvalue weighted by Crippen LogP contribution is 2.57. The minimum Gasteiger partial charge on any atom is -0.0884 e. The third-order valence-corrected chi connectivity index (χ3v) is 4.92. The quantitative estimate of drug-likeness (QED) is 0.564. The van der Waals surface area contributed by atoms with Gasteiger partial charge in [0, 0.05) is 0 Å². The first-order chi connectivity index (χ1) is 6.36. The van der Waals surface area contributed by atoms with E-state index in [2.05, 4.69) is 0 Å². The number of rotatable bonds is 2. The average molecular weight is 174 g/mol. The lowest BCUT2D eigenvalue weighted by Crippen LogP contribution is -2.44. The Morgan fingerprint density at radius 3 is 1.85 bits per heavy atom. The van der Waals surface area contributed by atoms with E-state index in [9.17, 15) is 0 Å². The molecule has 0 spiro atoms. The first-order valence-corrected chi connectivity index (χ1v) is 6.07. The first-order valence-electron chi connectivity index (χ1n) is 6.07. The van der Waals surface area contributed by atoms with E-state index < -0.39 is 0 Å². The molecule has 13 heavy (non-hydrogen) atoms. The summed E-state index contributed by atoms with van der Waals surface area (Å²) in [6.07, 6.45) is 10.0. The highest BCUT2D eigenvalue weighted by atomic mass is 14.5. The maximum atomic E-state index is 5.71. The summed E-state index contributed by atoms with van der Waals surface area (Å²) in [6.45, 7) is 0. The van der Waals surface area contributed by atoms with Gasteiger partial charge in [0.2, 0.25) is 0 Å². The van der Waals surface area contributed by atoms with E-state index >= 15 is 0 Å². The van der Waals surface area contributed by atoms with Gasteiger partial charge in [0.1, 0.15) is 0 Å². The van der Waals surface area contributed by atoms with Crippen LogP contribution in [0.5, 0.6) is 0 Å². The lowest BCUT2D eigenvalue weighted by Gasteiger charge is -2.54. The van der Waals surface area contributed by atoms with Crippen molar-refractivity contribution >= 4 is 7.85 Å². The van der Waals surface area contributed by atoms with Crippen molar-refractivity contribution in [3.63, 3.8) is 0 Å². The molecule has 1 heteroatoms. The van der Waals surface area contributed by atoms with E-state index in [4.69, 9.17) is 7.85 Å². The van der Waals surface area contributed by atoms with E-state index in [0.29, 0.717) is 0 Å². The molecule has 0 aromatic rings. The van der Waals surface area contributed by atoms with Crippen LogP contribution in [0, 0.1) is 29.6 Å². The second-order valence-corrected chi connectivity index (χ2v) is 5.67. The van der Waals surface area contributed by atoms with Gasteiger partial charge in [0.25, 0.3) is 0 Å². The van der Waals surface area contributed by atoms with Crippen LogP contribution in [-0.4, -0.2) is 7.85 Å². The van der Waals surface area contributed by atoms with Crippen LogP contribution in [0.4, 0.5) is 0 Å². The topological polar surface area (TPSA) is 0 Å². The van der Waals surface area contributed by atoms with Gasteiger partial charge in [-0.1, -0.05) is 12.7 Å². The third-order valence-electron chi connectivity index (χ3n) is 4.92. The minimum atomic E-state index is 0.924. The van der Waals surface area contributed by atoms with Gasteiger partial charge in [0.05, 0.1) is 7.85 Å². The summed E-state index contributed by atoms with van der Waals surface area (Å²) in [6, 6.07) is 0. The van der Waals surface area contributed by atoms with Crippen molar-refractivity contribution < 1.29 is 0 Å². The van der Waals surface area contributed by atoms with Crippen LogP contribution in [0.1, 0.15) is 38.5 Å². The Morgan fingerprint density at radius 1 is 0.846 bits per heavy atom. The SMILES string of the molecule is [B]CCC1C2CC3CC(C2)CC1C3. The van der Waals surface area contributed by atoms with E-state index in [1.165, 1.54) is 6.42 Å². The van der Waals surface area contributed by atoms with Crippen LogP contribution in [0.2, 0.25) is 6.32 Å². The molecule has 4 rings (SSSR count). The molecule has 4 bridgehead atoms. The van der Waals surface area contributed by atoms with Crippen LogP contribution < -0.4 is 0 Å².